The average Bonchev–Trinajstić information content (AvgIpc) is 3.57. The number of halogens is 1. The van der Waals surface area contributed by atoms with Crippen molar-refractivity contribution < 1.29 is 28.6 Å². The highest BCUT2D eigenvalue weighted by Gasteiger charge is 2.47. The van der Waals surface area contributed by atoms with Gasteiger partial charge in [-0.25, -0.2) is 4.39 Å². The van der Waals surface area contributed by atoms with Gasteiger partial charge in [0.2, 0.25) is 0 Å². The van der Waals surface area contributed by atoms with Crippen LogP contribution in [0.15, 0.2) is 72.3 Å². The normalized spacial score (nSPS) is 18.6. The number of hydrogen-bond acceptors (Lipinski definition) is 6. The van der Waals surface area contributed by atoms with E-state index in [2.05, 4.69) is 4.90 Å². The zero-order valence-corrected chi connectivity index (χ0v) is 22.0. The summed E-state index contributed by atoms with van der Waals surface area (Å²) < 4.78 is 25.2. The minimum atomic E-state index is -0.968. The van der Waals surface area contributed by atoms with Crippen LogP contribution in [0.25, 0.3) is 5.76 Å². The number of aliphatic hydroxyl groups excluding tert-OH is 1. The maximum Gasteiger partial charge on any atom is 0.300 e. The Kier molecular flexibility index (Phi) is 7.54. The van der Waals surface area contributed by atoms with E-state index in [4.69, 9.17) is 9.47 Å². The van der Waals surface area contributed by atoms with Crippen molar-refractivity contribution in [3.8, 4) is 11.5 Å². The maximum absolute atomic E-state index is 13.9. The molecule has 39 heavy (non-hydrogen) atoms. The fourth-order valence-electron chi connectivity index (χ4n) is 5.23. The maximum atomic E-state index is 13.9. The summed E-state index contributed by atoms with van der Waals surface area (Å²) in [7, 11) is 0. The second-order valence-electron chi connectivity index (χ2n) is 9.46. The number of amides is 1. The van der Waals surface area contributed by atoms with Gasteiger partial charge in [-0.15, -0.1) is 0 Å². The Hall–Kier alpha value is -4.33. The second kappa shape index (κ2) is 11.2. The third-order valence-corrected chi connectivity index (χ3v) is 7.05. The minimum Gasteiger partial charge on any atom is -0.507 e. The summed E-state index contributed by atoms with van der Waals surface area (Å²) in [6.45, 7) is 6.38. The van der Waals surface area contributed by atoms with E-state index in [0.717, 1.165) is 31.6 Å². The van der Waals surface area contributed by atoms with Crippen molar-refractivity contribution in [2.75, 3.05) is 36.1 Å². The molecule has 2 saturated heterocycles. The number of anilines is 2. The summed E-state index contributed by atoms with van der Waals surface area (Å²) in [5.41, 5.74) is 2.20. The van der Waals surface area contributed by atoms with E-state index in [1.165, 1.54) is 29.2 Å². The van der Waals surface area contributed by atoms with Crippen molar-refractivity contribution in [1.29, 1.82) is 0 Å². The molecule has 2 aliphatic heterocycles. The largest absolute Gasteiger partial charge is 0.507 e. The van der Waals surface area contributed by atoms with Gasteiger partial charge in [0.05, 0.1) is 30.4 Å². The number of nitrogens with zero attached hydrogens (tertiary/aromatic N) is 2. The molecule has 3 aromatic carbocycles. The SMILES string of the molecule is CCOc1ccc(/C(O)=C2/C(=O)C(=O)N(c3ccc(N4CCCC4)cc3)C2c2ccc(F)cc2)c(OCC)c1. The van der Waals surface area contributed by atoms with E-state index < -0.39 is 23.5 Å². The molecule has 1 unspecified atom stereocenters. The zero-order chi connectivity index (χ0) is 27.5. The van der Waals surface area contributed by atoms with Crippen LogP contribution in [0.5, 0.6) is 11.5 Å². The third kappa shape index (κ3) is 5.06. The quantitative estimate of drug-likeness (QED) is 0.224. The van der Waals surface area contributed by atoms with E-state index in [1.807, 2.05) is 19.1 Å². The van der Waals surface area contributed by atoms with Gasteiger partial charge in [0.15, 0.2) is 0 Å². The molecule has 0 aromatic heterocycles. The van der Waals surface area contributed by atoms with Crippen LogP contribution in [0.3, 0.4) is 0 Å². The van der Waals surface area contributed by atoms with Gasteiger partial charge in [-0.3, -0.25) is 14.5 Å². The number of carbonyl (C=O) groups is 2. The number of benzene rings is 3. The standard InChI is InChI=1S/C31H31FN2O5/c1-3-38-24-15-16-25(26(19-24)39-4-2)29(35)27-28(20-7-9-21(32)10-8-20)34(31(37)30(27)36)23-13-11-22(12-14-23)33-17-5-6-18-33/h7-16,19,28,35H,3-6,17-18H2,1-2H3/b29-27-. The predicted molar refractivity (Wildman–Crippen MR) is 148 cm³/mol. The highest BCUT2D eigenvalue weighted by atomic mass is 19.1. The van der Waals surface area contributed by atoms with Gasteiger partial charge in [0.25, 0.3) is 11.7 Å². The van der Waals surface area contributed by atoms with Crippen molar-refractivity contribution >= 4 is 28.8 Å². The first-order chi connectivity index (χ1) is 18.9. The molecule has 0 radical (unpaired) electrons. The Morgan fingerprint density at radius 2 is 1.54 bits per heavy atom. The molecule has 2 aliphatic rings. The Balaban J connectivity index is 1.63. The number of carbonyl (C=O) groups excluding carboxylic acids is 2. The summed E-state index contributed by atoms with van der Waals surface area (Å²) in [5.74, 6) is -1.56. The number of Topliss-reactive ketones (excluding diaryl/α,β-unsaturated/α-hetero) is 1. The summed E-state index contributed by atoms with van der Waals surface area (Å²) in [5, 5.41) is 11.6. The van der Waals surface area contributed by atoms with Crippen molar-refractivity contribution in [3.63, 3.8) is 0 Å². The van der Waals surface area contributed by atoms with Crippen molar-refractivity contribution in [2.45, 2.75) is 32.7 Å². The summed E-state index contributed by atoms with van der Waals surface area (Å²) >= 11 is 0. The molecule has 0 bridgehead atoms. The summed E-state index contributed by atoms with van der Waals surface area (Å²) in [4.78, 5) is 30.6. The Labute approximate surface area is 227 Å². The van der Waals surface area contributed by atoms with Crippen LogP contribution in [0, 0.1) is 5.82 Å². The van der Waals surface area contributed by atoms with Crippen LogP contribution in [0.2, 0.25) is 0 Å². The number of hydrogen-bond donors (Lipinski definition) is 1. The van der Waals surface area contributed by atoms with E-state index in [0.29, 0.717) is 36.0 Å². The number of aliphatic hydroxyl groups is 1. The molecule has 1 N–H and O–H groups in total. The van der Waals surface area contributed by atoms with Crippen LogP contribution in [-0.2, 0) is 9.59 Å². The fourth-order valence-corrected chi connectivity index (χ4v) is 5.23. The van der Waals surface area contributed by atoms with E-state index in [-0.39, 0.29) is 16.9 Å². The first-order valence-electron chi connectivity index (χ1n) is 13.2. The molecule has 3 aromatic rings. The van der Waals surface area contributed by atoms with Crippen molar-refractivity contribution in [2.24, 2.45) is 0 Å². The van der Waals surface area contributed by atoms with Gasteiger partial charge < -0.3 is 19.5 Å². The topological polar surface area (TPSA) is 79.3 Å². The van der Waals surface area contributed by atoms with Gasteiger partial charge >= 0.3 is 0 Å². The fraction of sp³-hybridized carbons (Fsp3) is 0.290. The minimum absolute atomic E-state index is 0.0969. The molecule has 2 fully saturated rings. The monoisotopic (exact) mass is 530 g/mol. The molecule has 202 valence electrons. The summed E-state index contributed by atoms with van der Waals surface area (Å²) in [6, 6.07) is 17.0. The Morgan fingerprint density at radius 1 is 0.897 bits per heavy atom. The van der Waals surface area contributed by atoms with Crippen LogP contribution < -0.4 is 19.3 Å². The molecule has 2 heterocycles. The molecule has 5 rings (SSSR count). The molecule has 0 spiro atoms. The zero-order valence-electron chi connectivity index (χ0n) is 22.0. The van der Waals surface area contributed by atoms with E-state index in [1.54, 1.807) is 37.3 Å². The predicted octanol–water partition coefficient (Wildman–Crippen LogP) is 5.85. The molecule has 7 nitrogen and oxygen atoms in total. The highest BCUT2D eigenvalue weighted by Crippen LogP contribution is 2.44. The number of ether oxygens (including phenoxy) is 2. The van der Waals surface area contributed by atoms with Crippen LogP contribution >= 0.6 is 0 Å². The number of ketones is 1. The van der Waals surface area contributed by atoms with Crippen LogP contribution in [0.1, 0.15) is 43.9 Å². The van der Waals surface area contributed by atoms with Gasteiger partial charge in [-0.1, -0.05) is 12.1 Å². The lowest BCUT2D eigenvalue weighted by Gasteiger charge is -2.26. The van der Waals surface area contributed by atoms with Gasteiger partial charge in [-0.05, 0) is 80.8 Å². The first-order valence-corrected chi connectivity index (χ1v) is 13.2. The van der Waals surface area contributed by atoms with Gasteiger partial charge in [0.1, 0.15) is 23.1 Å². The highest BCUT2D eigenvalue weighted by molar-refractivity contribution is 6.51. The van der Waals surface area contributed by atoms with Crippen molar-refractivity contribution in [3.05, 3.63) is 89.2 Å². The Bertz CT molecular complexity index is 1400. The lowest BCUT2D eigenvalue weighted by Crippen LogP contribution is -2.29. The molecular formula is C31H31FN2O5. The molecule has 1 atom stereocenters. The van der Waals surface area contributed by atoms with Crippen molar-refractivity contribution in [1.82, 2.24) is 0 Å². The lowest BCUT2D eigenvalue weighted by molar-refractivity contribution is -0.132. The third-order valence-electron chi connectivity index (χ3n) is 7.05. The smallest absolute Gasteiger partial charge is 0.300 e. The average molecular weight is 531 g/mol. The Morgan fingerprint density at radius 3 is 2.18 bits per heavy atom. The van der Waals surface area contributed by atoms with E-state index in [9.17, 15) is 19.1 Å². The van der Waals surface area contributed by atoms with Gasteiger partial charge in [-0.2, -0.15) is 0 Å². The molecule has 0 aliphatic carbocycles. The first kappa shape index (κ1) is 26.3. The van der Waals surface area contributed by atoms with Gasteiger partial charge in [0, 0.05) is 30.5 Å². The second-order valence-corrected chi connectivity index (χ2v) is 9.46. The summed E-state index contributed by atoms with van der Waals surface area (Å²) in [6.07, 6.45) is 2.27. The van der Waals surface area contributed by atoms with Crippen LogP contribution in [-0.4, -0.2) is 43.1 Å². The molecule has 8 heteroatoms. The molecule has 1 amide bonds. The van der Waals surface area contributed by atoms with E-state index >= 15 is 0 Å². The molecule has 0 saturated carbocycles. The molecular weight excluding hydrogens is 499 g/mol. The van der Waals surface area contributed by atoms with Crippen LogP contribution in [0.4, 0.5) is 15.8 Å². The number of rotatable bonds is 8. The lowest BCUT2D eigenvalue weighted by atomic mass is 9.94.